The molecule has 0 radical (unpaired) electrons. The number of nitrogens with one attached hydrogen (secondary N) is 1. The van der Waals surface area contributed by atoms with Crippen LogP contribution in [0.2, 0.25) is 0 Å². The van der Waals surface area contributed by atoms with E-state index in [4.69, 9.17) is 0 Å². The highest BCUT2D eigenvalue weighted by Gasteiger charge is 2.23. The molecule has 1 saturated heterocycles. The Labute approximate surface area is 148 Å². The van der Waals surface area contributed by atoms with Gasteiger partial charge < -0.3 is 10.2 Å². The van der Waals surface area contributed by atoms with Crippen molar-refractivity contribution in [1.29, 1.82) is 0 Å². The Morgan fingerprint density at radius 3 is 2.72 bits per heavy atom. The van der Waals surface area contributed by atoms with Crippen LogP contribution in [-0.4, -0.2) is 41.3 Å². The molecule has 0 bridgehead atoms. The van der Waals surface area contributed by atoms with Gasteiger partial charge in [-0.25, -0.2) is 0 Å². The molecule has 1 N–H and O–H groups in total. The summed E-state index contributed by atoms with van der Waals surface area (Å²) in [6.45, 7) is 2.52. The molecule has 2 heterocycles. The molecule has 25 heavy (non-hydrogen) atoms. The number of nitrogens with zero attached hydrogens (tertiary/aromatic N) is 2. The van der Waals surface area contributed by atoms with E-state index in [1.165, 1.54) is 0 Å². The van der Waals surface area contributed by atoms with E-state index in [2.05, 4.69) is 10.3 Å². The second-order valence-electron chi connectivity index (χ2n) is 6.50. The van der Waals surface area contributed by atoms with Crippen LogP contribution in [0, 0.1) is 6.92 Å². The van der Waals surface area contributed by atoms with Gasteiger partial charge in [-0.3, -0.25) is 14.6 Å². The molecule has 3 rings (SSSR count). The zero-order chi connectivity index (χ0) is 17.8. The zero-order valence-electron chi connectivity index (χ0n) is 14.7. The summed E-state index contributed by atoms with van der Waals surface area (Å²) in [6, 6.07) is 11.7. The predicted octanol–water partition coefficient (Wildman–Crippen LogP) is 2.80. The van der Waals surface area contributed by atoms with Crippen LogP contribution in [-0.2, 0) is 4.79 Å². The molecule has 1 aromatic heterocycles. The van der Waals surface area contributed by atoms with Gasteiger partial charge in [0.25, 0.3) is 5.91 Å². The number of hydrogen-bond donors (Lipinski definition) is 1. The van der Waals surface area contributed by atoms with Gasteiger partial charge in [0.15, 0.2) is 0 Å². The standard InChI is InChI=1S/C20H23N3O2/c1-14-19(17(10-12-21-14)15-6-4-3-5-7-15)20(25)22-16-8-9-18(24)23(2)13-11-16/h3-7,10,12,16H,8-9,11,13H2,1-2H3,(H,22,25). The zero-order valence-corrected chi connectivity index (χ0v) is 14.7. The molecular weight excluding hydrogens is 314 g/mol. The van der Waals surface area contributed by atoms with Gasteiger partial charge in [0.2, 0.25) is 5.91 Å². The largest absolute Gasteiger partial charge is 0.349 e. The van der Waals surface area contributed by atoms with Crippen LogP contribution in [0.1, 0.15) is 35.3 Å². The van der Waals surface area contributed by atoms with Crippen LogP contribution in [0.25, 0.3) is 11.1 Å². The van der Waals surface area contributed by atoms with E-state index in [0.29, 0.717) is 30.6 Å². The normalized spacial score (nSPS) is 17.9. The van der Waals surface area contributed by atoms with E-state index in [1.54, 1.807) is 11.1 Å². The molecule has 1 atom stereocenters. The molecule has 1 unspecified atom stereocenters. The first kappa shape index (κ1) is 17.1. The maximum Gasteiger partial charge on any atom is 0.253 e. The summed E-state index contributed by atoms with van der Waals surface area (Å²) >= 11 is 0. The van der Waals surface area contributed by atoms with E-state index in [9.17, 15) is 9.59 Å². The molecule has 5 heteroatoms. The van der Waals surface area contributed by atoms with Crippen molar-refractivity contribution in [1.82, 2.24) is 15.2 Å². The highest BCUT2D eigenvalue weighted by atomic mass is 16.2. The van der Waals surface area contributed by atoms with Gasteiger partial charge in [0, 0.05) is 32.3 Å². The van der Waals surface area contributed by atoms with Crippen molar-refractivity contribution < 1.29 is 9.59 Å². The lowest BCUT2D eigenvalue weighted by Crippen LogP contribution is -2.36. The Kier molecular flexibility index (Phi) is 5.12. The van der Waals surface area contributed by atoms with E-state index >= 15 is 0 Å². The Morgan fingerprint density at radius 1 is 1.20 bits per heavy atom. The SMILES string of the molecule is Cc1nccc(-c2ccccc2)c1C(=O)NC1CCC(=O)N(C)CC1. The highest BCUT2D eigenvalue weighted by Crippen LogP contribution is 2.25. The van der Waals surface area contributed by atoms with E-state index in [-0.39, 0.29) is 17.9 Å². The summed E-state index contributed by atoms with van der Waals surface area (Å²) in [5.74, 6) is 0.0192. The summed E-state index contributed by atoms with van der Waals surface area (Å²) in [5.41, 5.74) is 3.19. The van der Waals surface area contributed by atoms with Gasteiger partial charge in [-0.05, 0) is 37.0 Å². The summed E-state index contributed by atoms with van der Waals surface area (Å²) in [6.07, 6.45) is 3.65. The molecule has 0 saturated carbocycles. The van der Waals surface area contributed by atoms with Crippen LogP contribution in [0.4, 0.5) is 0 Å². The topological polar surface area (TPSA) is 62.3 Å². The minimum atomic E-state index is -0.119. The third-order valence-electron chi connectivity index (χ3n) is 4.73. The third-order valence-corrected chi connectivity index (χ3v) is 4.73. The fraction of sp³-hybridized carbons (Fsp3) is 0.350. The molecule has 0 aliphatic carbocycles. The predicted molar refractivity (Wildman–Crippen MR) is 97.2 cm³/mol. The summed E-state index contributed by atoms with van der Waals surface area (Å²) in [7, 11) is 1.81. The number of hydrogen-bond acceptors (Lipinski definition) is 3. The fourth-order valence-corrected chi connectivity index (χ4v) is 3.22. The molecule has 130 valence electrons. The van der Waals surface area contributed by atoms with Crippen molar-refractivity contribution in [2.45, 2.75) is 32.2 Å². The lowest BCUT2D eigenvalue weighted by Gasteiger charge is -2.19. The second-order valence-corrected chi connectivity index (χ2v) is 6.50. The third kappa shape index (κ3) is 3.87. The van der Waals surface area contributed by atoms with Gasteiger partial charge in [0.1, 0.15) is 0 Å². The highest BCUT2D eigenvalue weighted by molar-refractivity contribution is 6.02. The van der Waals surface area contributed by atoms with Crippen molar-refractivity contribution in [3.8, 4) is 11.1 Å². The number of benzene rings is 1. The fourth-order valence-electron chi connectivity index (χ4n) is 3.22. The smallest absolute Gasteiger partial charge is 0.253 e. The maximum absolute atomic E-state index is 13.0. The van der Waals surface area contributed by atoms with Gasteiger partial charge in [-0.15, -0.1) is 0 Å². The first-order chi connectivity index (χ1) is 12.1. The molecule has 1 aromatic carbocycles. The number of carbonyl (C=O) groups is 2. The lowest BCUT2D eigenvalue weighted by molar-refractivity contribution is -0.129. The van der Waals surface area contributed by atoms with Crippen LogP contribution >= 0.6 is 0 Å². The van der Waals surface area contributed by atoms with Gasteiger partial charge in [0.05, 0.1) is 11.3 Å². The lowest BCUT2D eigenvalue weighted by atomic mass is 9.98. The molecular formula is C20H23N3O2. The maximum atomic E-state index is 13.0. The van der Waals surface area contributed by atoms with E-state index < -0.39 is 0 Å². The molecule has 5 nitrogen and oxygen atoms in total. The van der Waals surface area contributed by atoms with Crippen LogP contribution in [0.3, 0.4) is 0 Å². The van der Waals surface area contributed by atoms with Crippen LogP contribution in [0.15, 0.2) is 42.6 Å². The van der Waals surface area contributed by atoms with Crippen molar-refractivity contribution in [3.63, 3.8) is 0 Å². The van der Waals surface area contributed by atoms with Crippen molar-refractivity contribution in [3.05, 3.63) is 53.9 Å². The monoisotopic (exact) mass is 337 g/mol. The van der Waals surface area contributed by atoms with E-state index in [0.717, 1.165) is 17.5 Å². The molecule has 1 fully saturated rings. The number of carbonyl (C=O) groups excluding carboxylic acids is 2. The molecule has 1 aliphatic heterocycles. The van der Waals surface area contributed by atoms with Crippen molar-refractivity contribution in [2.24, 2.45) is 0 Å². The number of rotatable bonds is 3. The molecule has 1 aliphatic rings. The van der Waals surface area contributed by atoms with Crippen LogP contribution < -0.4 is 5.32 Å². The number of aromatic nitrogens is 1. The van der Waals surface area contributed by atoms with E-state index in [1.807, 2.05) is 50.4 Å². The number of amides is 2. The van der Waals surface area contributed by atoms with Gasteiger partial charge in [-0.1, -0.05) is 30.3 Å². The number of aryl methyl sites for hydroxylation is 1. The Hall–Kier alpha value is -2.69. The average molecular weight is 337 g/mol. The van der Waals surface area contributed by atoms with Gasteiger partial charge in [-0.2, -0.15) is 0 Å². The first-order valence-corrected chi connectivity index (χ1v) is 8.62. The Bertz CT molecular complexity index is 774. The quantitative estimate of drug-likeness (QED) is 0.937. The molecule has 0 spiro atoms. The first-order valence-electron chi connectivity index (χ1n) is 8.62. The summed E-state index contributed by atoms with van der Waals surface area (Å²) in [4.78, 5) is 30.8. The Balaban J connectivity index is 1.84. The average Bonchev–Trinajstić information content (AvgIpc) is 2.78. The summed E-state index contributed by atoms with van der Waals surface area (Å²) < 4.78 is 0. The van der Waals surface area contributed by atoms with Crippen LogP contribution in [0.5, 0.6) is 0 Å². The minimum absolute atomic E-state index is 0.00429. The summed E-state index contributed by atoms with van der Waals surface area (Å²) in [5, 5.41) is 3.11. The molecule has 2 amide bonds. The van der Waals surface area contributed by atoms with Crippen molar-refractivity contribution in [2.75, 3.05) is 13.6 Å². The Morgan fingerprint density at radius 2 is 1.96 bits per heavy atom. The van der Waals surface area contributed by atoms with Crippen molar-refractivity contribution >= 4 is 11.8 Å². The van der Waals surface area contributed by atoms with Gasteiger partial charge >= 0.3 is 0 Å². The minimum Gasteiger partial charge on any atom is -0.349 e. The molecule has 2 aromatic rings. The second kappa shape index (κ2) is 7.47. The number of likely N-dealkylation sites (tertiary alicyclic amines) is 1. The number of pyridine rings is 1.